The van der Waals surface area contributed by atoms with Crippen LogP contribution >= 0.6 is 0 Å². The van der Waals surface area contributed by atoms with E-state index in [1.54, 1.807) is 0 Å². The van der Waals surface area contributed by atoms with Crippen molar-refractivity contribution in [1.82, 2.24) is 0 Å². The molecule has 0 radical (unpaired) electrons. The fourth-order valence-corrected chi connectivity index (χ4v) is 2.55. The molecule has 0 bridgehead atoms. The maximum atomic E-state index is 13.7. The van der Waals surface area contributed by atoms with E-state index in [1.165, 1.54) is 0 Å². The van der Waals surface area contributed by atoms with E-state index >= 15 is 0 Å². The SMILES string of the molecule is O=C(O)C1(c2c(F)ccc(F)c2O)CCCC1. The van der Waals surface area contributed by atoms with Gasteiger partial charge < -0.3 is 10.2 Å². The van der Waals surface area contributed by atoms with Crippen LogP contribution in [0.5, 0.6) is 5.75 Å². The van der Waals surface area contributed by atoms with E-state index in [0.717, 1.165) is 12.1 Å². The van der Waals surface area contributed by atoms with E-state index in [9.17, 15) is 23.8 Å². The summed E-state index contributed by atoms with van der Waals surface area (Å²) in [6, 6.07) is 1.64. The van der Waals surface area contributed by atoms with E-state index < -0.39 is 34.3 Å². The number of carboxylic acids is 1. The van der Waals surface area contributed by atoms with Crippen molar-refractivity contribution < 1.29 is 23.8 Å². The second kappa shape index (κ2) is 3.98. The zero-order chi connectivity index (χ0) is 12.6. The minimum Gasteiger partial charge on any atom is -0.505 e. The van der Waals surface area contributed by atoms with Crippen LogP contribution in [-0.2, 0) is 10.2 Å². The third-order valence-corrected chi connectivity index (χ3v) is 3.42. The van der Waals surface area contributed by atoms with E-state index in [2.05, 4.69) is 0 Å². The Bertz CT molecular complexity index is 465. The molecule has 0 spiro atoms. The minimum absolute atomic E-state index is 0.219. The quantitative estimate of drug-likeness (QED) is 0.837. The molecule has 1 aromatic carbocycles. The highest BCUT2D eigenvalue weighted by Gasteiger charge is 2.47. The first kappa shape index (κ1) is 11.8. The molecule has 3 nitrogen and oxygen atoms in total. The Balaban J connectivity index is 2.66. The standard InChI is InChI=1S/C12H12F2O3/c13-7-3-4-8(14)10(15)9(7)12(11(16)17)5-1-2-6-12/h3-4,15H,1-2,5-6H2,(H,16,17). The molecule has 0 heterocycles. The third kappa shape index (κ3) is 1.66. The Morgan fingerprint density at radius 1 is 1.18 bits per heavy atom. The van der Waals surface area contributed by atoms with E-state index in [4.69, 9.17) is 0 Å². The highest BCUT2D eigenvalue weighted by molar-refractivity contribution is 5.83. The van der Waals surface area contributed by atoms with Crippen LogP contribution in [0, 0.1) is 11.6 Å². The fourth-order valence-electron chi connectivity index (χ4n) is 2.55. The first-order valence-corrected chi connectivity index (χ1v) is 5.40. The van der Waals surface area contributed by atoms with Gasteiger partial charge in [0.15, 0.2) is 11.6 Å². The lowest BCUT2D eigenvalue weighted by Gasteiger charge is -2.25. The summed E-state index contributed by atoms with van der Waals surface area (Å²) in [6.07, 6.45) is 1.69. The number of hydrogen-bond acceptors (Lipinski definition) is 2. The summed E-state index contributed by atoms with van der Waals surface area (Å²) in [5.41, 5.74) is -1.90. The smallest absolute Gasteiger partial charge is 0.314 e. The number of hydrogen-bond donors (Lipinski definition) is 2. The number of carbonyl (C=O) groups is 1. The highest BCUT2D eigenvalue weighted by Crippen LogP contribution is 2.46. The molecule has 0 saturated heterocycles. The third-order valence-electron chi connectivity index (χ3n) is 3.42. The van der Waals surface area contributed by atoms with Crippen LogP contribution in [0.25, 0.3) is 0 Å². The molecule has 1 saturated carbocycles. The average Bonchev–Trinajstić information content (AvgIpc) is 2.74. The first-order chi connectivity index (χ1) is 7.99. The van der Waals surface area contributed by atoms with Gasteiger partial charge in [0.2, 0.25) is 0 Å². The van der Waals surface area contributed by atoms with E-state index in [0.29, 0.717) is 12.8 Å². The number of benzene rings is 1. The molecule has 1 aliphatic rings. The Morgan fingerprint density at radius 3 is 2.24 bits per heavy atom. The monoisotopic (exact) mass is 242 g/mol. The number of aliphatic carboxylic acids is 1. The molecule has 1 aliphatic carbocycles. The van der Waals surface area contributed by atoms with Crippen molar-refractivity contribution in [2.45, 2.75) is 31.1 Å². The summed E-state index contributed by atoms with van der Waals surface area (Å²) < 4.78 is 26.9. The van der Waals surface area contributed by atoms with E-state index in [-0.39, 0.29) is 12.8 Å². The number of carboxylic acid groups (broad SMARTS) is 1. The second-order valence-electron chi connectivity index (χ2n) is 4.35. The van der Waals surface area contributed by atoms with Crippen molar-refractivity contribution in [2.24, 2.45) is 0 Å². The first-order valence-electron chi connectivity index (χ1n) is 5.40. The predicted molar refractivity (Wildman–Crippen MR) is 55.8 cm³/mol. The Morgan fingerprint density at radius 2 is 1.71 bits per heavy atom. The van der Waals surface area contributed by atoms with Gasteiger partial charge in [-0.25, -0.2) is 8.78 Å². The Hall–Kier alpha value is -1.65. The summed E-state index contributed by atoms with van der Waals surface area (Å²) in [5.74, 6) is -3.95. The number of phenolic OH excluding ortho intramolecular Hbond substituents is 1. The number of aromatic hydroxyl groups is 1. The molecule has 1 fully saturated rings. The lowest BCUT2D eigenvalue weighted by molar-refractivity contribution is -0.143. The molecule has 0 aromatic heterocycles. The van der Waals surface area contributed by atoms with Crippen molar-refractivity contribution in [3.05, 3.63) is 29.3 Å². The van der Waals surface area contributed by atoms with Crippen LogP contribution in [0.15, 0.2) is 12.1 Å². The Kier molecular flexibility index (Phi) is 2.77. The fraction of sp³-hybridized carbons (Fsp3) is 0.417. The van der Waals surface area contributed by atoms with Gasteiger partial charge in [0, 0.05) is 5.56 Å². The van der Waals surface area contributed by atoms with Gasteiger partial charge in [-0.05, 0) is 25.0 Å². The molecule has 0 unspecified atom stereocenters. The van der Waals surface area contributed by atoms with Crippen LogP contribution in [0.4, 0.5) is 8.78 Å². The Labute approximate surface area is 96.7 Å². The summed E-state index contributed by atoms with van der Waals surface area (Å²) >= 11 is 0. The van der Waals surface area contributed by atoms with Crippen LogP contribution in [-0.4, -0.2) is 16.2 Å². The number of halogens is 2. The van der Waals surface area contributed by atoms with Crippen molar-refractivity contribution in [3.63, 3.8) is 0 Å². The summed E-state index contributed by atoms with van der Waals surface area (Å²) in [7, 11) is 0. The number of rotatable bonds is 2. The summed E-state index contributed by atoms with van der Waals surface area (Å²) in [5, 5.41) is 18.8. The van der Waals surface area contributed by atoms with E-state index in [1.807, 2.05) is 0 Å². The van der Waals surface area contributed by atoms with Gasteiger partial charge in [0.25, 0.3) is 0 Å². The average molecular weight is 242 g/mol. The molecule has 5 heteroatoms. The van der Waals surface area contributed by atoms with Crippen molar-refractivity contribution in [2.75, 3.05) is 0 Å². The molecule has 0 aliphatic heterocycles. The normalized spacial score (nSPS) is 18.2. The largest absolute Gasteiger partial charge is 0.505 e. The van der Waals surface area contributed by atoms with Gasteiger partial charge in [-0.1, -0.05) is 12.8 Å². The topological polar surface area (TPSA) is 57.5 Å². The maximum absolute atomic E-state index is 13.7. The van der Waals surface area contributed by atoms with Crippen LogP contribution in [0.3, 0.4) is 0 Å². The van der Waals surface area contributed by atoms with Gasteiger partial charge >= 0.3 is 5.97 Å². The molecule has 17 heavy (non-hydrogen) atoms. The van der Waals surface area contributed by atoms with Crippen molar-refractivity contribution in [1.29, 1.82) is 0 Å². The lowest BCUT2D eigenvalue weighted by atomic mass is 9.78. The van der Waals surface area contributed by atoms with Gasteiger partial charge in [-0.15, -0.1) is 0 Å². The second-order valence-corrected chi connectivity index (χ2v) is 4.35. The lowest BCUT2D eigenvalue weighted by Crippen LogP contribution is -2.33. The van der Waals surface area contributed by atoms with Gasteiger partial charge in [0.1, 0.15) is 5.82 Å². The van der Waals surface area contributed by atoms with Crippen molar-refractivity contribution >= 4 is 5.97 Å². The molecular weight excluding hydrogens is 230 g/mol. The van der Waals surface area contributed by atoms with Crippen LogP contribution in [0.2, 0.25) is 0 Å². The zero-order valence-electron chi connectivity index (χ0n) is 9.04. The summed E-state index contributed by atoms with van der Waals surface area (Å²) in [6.45, 7) is 0. The van der Waals surface area contributed by atoms with Crippen molar-refractivity contribution in [3.8, 4) is 5.75 Å². The van der Waals surface area contributed by atoms with Gasteiger partial charge in [-0.3, -0.25) is 4.79 Å². The molecular formula is C12H12F2O3. The van der Waals surface area contributed by atoms with Crippen LogP contribution in [0.1, 0.15) is 31.2 Å². The molecule has 0 atom stereocenters. The summed E-state index contributed by atoms with van der Waals surface area (Å²) in [4.78, 5) is 11.3. The number of phenols is 1. The molecule has 2 rings (SSSR count). The van der Waals surface area contributed by atoms with Crippen LogP contribution < -0.4 is 0 Å². The van der Waals surface area contributed by atoms with Gasteiger partial charge in [0.05, 0.1) is 5.41 Å². The molecule has 0 amide bonds. The minimum atomic E-state index is -1.49. The molecule has 1 aromatic rings. The maximum Gasteiger partial charge on any atom is 0.314 e. The molecule has 2 N–H and O–H groups in total. The predicted octanol–water partition coefficient (Wildman–Crippen LogP) is 2.57. The zero-order valence-corrected chi connectivity index (χ0v) is 9.04. The highest BCUT2D eigenvalue weighted by atomic mass is 19.1. The van der Waals surface area contributed by atoms with Gasteiger partial charge in [-0.2, -0.15) is 0 Å². The molecule has 92 valence electrons.